The smallest absolute Gasteiger partial charge is 0.110 e. The third-order valence-electron chi connectivity index (χ3n) is 2.68. The average molecular weight is 250 g/mol. The number of hydrogen-bond donors (Lipinski definition) is 1. The molecule has 1 aromatic carbocycles. The van der Waals surface area contributed by atoms with Gasteiger partial charge in [-0.1, -0.05) is 23.7 Å². The van der Waals surface area contributed by atoms with Gasteiger partial charge in [-0.3, -0.25) is 0 Å². The Labute approximate surface area is 106 Å². The molecule has 0 fully saturated rings. The molecule has 2 aromatic rings. The zero-order valence-corrected chi connectivity index (χ0v) is 10.8. The zero-order chi connectivity index (χ0) is 12.4. The average Bonchev–Trinajstić information content (AvgIpc) is 2.64. The molecule has 0 aliphatic carbocycles. The van der Waals surface area contributed by atoms with Gasteiger partial charge in [0.1, 0.15) is 5.82 Å². The fraction of sp³-hybridized carbons (Fsp3) is 0.308. The summed E-state index contributed by atoms with van der Waals surface area (Å²) >= 11 is 6.29. The second-order valence-electron chi connectivity index (χ2n) is 4.27. The summed E-state index contributed by atoms with van der Waals surface area (Å²) < 4.78 is 2.00. The van der Waals surface area contributed by atoms with E-state index in [0.29, 0.717) is 0 Å². The first-order valence-electron chi connectivity index (χ1n) is 5.63. The fourth-order valence-corrected chi connectivity index (χ4v) is 2.24. The maximum Gasteiger partial charge on any atom is 0.110 e. The summed E-state index contributed by atoms with van der Waals surface area (Å²) in [7, 11) is 0. The van der Waals surface area contributed by atoms with E-state index in [4.69, 9.17) is 17.3 Å². The van der Waals surface area contributed by atoms with Gasteiger partial charge in [0.05, 0.1) is 10.7 Å². The van der Waals surface area contributed by atoms with Crippen molar-refractivity contribution in [1.82, 2.24) is 9.55 Å². The van der Waals surface area contributed by atoms with Crippen LogP contribution in [0, 0.1) is 6.92 Å². The topological polar surface area (TPSA) is 43.8 Å². The summed E-state index contributed by atoms with van der Waals surface area (Å²) in [5.41, 5.74) is 8.00. The van der Waals surface area contributed by atoms with Gasteiger partial charge in [0.25, 0.3) is 0 Å². The van der Waals surface area contributed by atoms with Crippen molar-refractivity contribution in [3.63, 3.8) is 0 Å². The van der Waals surface area contributed by atoms with Crippen LogP contribution in [0.5, 0.6) is 0 Å². The van der Waals surface area contributed by atoms with Crippen LogP contribution >= 0.6 is 11.6 Å². The van der Waals surface area contributed by atoms with Crippen LogP contribution in [0.2, 0.25) is 5.02 Å². The van der Waals surface area contributed by atoms with Crippen LogP contribution in [-0.2, 0) is 6.42 Å². The molecule has 1 aromatic heterocycles. The number of nitrogens with zero attached hydrogens (tertiary/aromatic N) is 2. The van der Waals surface area contributed by atoms with Crippen LogP contribution in [-0.4, -0.2) is 15.6 Å². The maximum atomic E-state index is 6.29. The summed E-state index contributed by atoms with van der Waals surface area (Å²) in [5.74, 6) is 0.920. The SMILES string of the molecule is Cc1nccn1-c1c(Cl)cccc1CC(C)N. The van der Waals surface area contributed by atoms with E-state index in [9.17, 15) is 0 Å². The highest BCUT2D eigenvalue weighted by atomic mass is 35.5. The standard InChI is InChI=1S/C13H16ClN3/c1-9(15)8-11-4-3-5-12(14)13(11)17-7-6-16-10(17)2/h3-7,9H,8,15H2,1-2H3. The zero-order valence-electron chi connectivity index (χ0n) is 10.0. The molecule has 4 heteroatoms. The molecule has 1 unspecified atom stereocenters. The van der Waals surface area contributed by atoms with Gasteiger partial charge in [-0.25, -0.2) is 4.98 Å². The number of nitrogens with two attached hydrogens (primary N) is 1. The van der Waals surface area contributed by atoms with Crippen LogP contribution in [0.15, 0.2) is 30.6 Å². The predicted molar refractivity (Wildman–Crippen MR) is 70.7 cm³/mol. The number of para-hydroxylation sites is 1. The van der Waals surface area contributed by atoms with Gasteiger partial charge in [-0.15, -0.1) is 0 Å². The molecule has 0 bridgehead atoms. The largest absolute Gasteiger partial charge is 0.328 e. The second kappa shape index (κ2) is 4.90. The van der Waals surface area contributed by atoms with Gasteiger partial charge in [0.15, 0.2) is 0 Å². The van der Waals surface area contributed by atoms with Gasteiger partial charge in [-0.2, -0.15) is 0 Å². The van der Waals surface area contributed by atoms with E-state index in [2.05, 4.69) is 11.1 Å². The minimum absolute atomic E-state index is 0.107. The third kappa shape index (κ3) is 2.51. The molecule has 2 rings (SSSR count). The molecule has 0 saturated carbocycles. The van der Waals surface area contributed by atoms with Crippen molar-refractivity contribution >= 4 is 11.6 Å². The van der Waals surface area contributed by atoms with Crippen molar-refractivity contribution in [2.24, 2.45) is 5.73 Å². The number of imidazole rings is 1. The lowest BCUT2D eigenvalue weighted by Crippen LogP contribution is -2.19. The molecular weight excluding hydrogens is 234 g/mol. The highest BCUT2D eigenvalue weighted by Crippen LogP contribution is 2.26. The van der Waals surface area contributed by atoms with Gasteiger partial charge < -0.3 is 10.3 Å². The van der Waals surface area contributed by atoms with Crippen LogP contribution in [0.4, 0.5) is 0 Å². The highest BCUT2D eigenvalue weighted by Gasteiger charge is 2.12. The van der Waals surface area contributed by atoms with Crippen molar-refractivity contribution in [1.29, 1.82) is 0 Å². The Hall–Kier alpha value is -1.32. The van der Waals surface area contributed by atoms with E-state index < -0.39 is 0 Å². The summed E-state index contributed by atoms with van der Waals surface area (Å²) in [5, 5.41) is 0.726. The van der Waals surface area contributed by atoms with Crippen LogP contribution in [0.1, 0.15) is 18.3 Å². The van der Waals surface area contributed by atoms with Crippen molar-refractivity contribution < 1.29 is 0 Å². The molecule has 2 N–H and O–H groups in total. The Morgan fingerprint density at radius 3 is 2.82 bits per heavy atom. The summed E-state index contributed by atoms with van der Waals surface area (Å²) in [4.78, 5) is 4.23. The Morgan fingerprint density at radius 1 is 1.47 bits per heavy atom. The fourth-order valence-electron chi connectivity index (χ4n) is 1.96. The van der Waals surface area contributed by atoms with Crippen molar-refractivity contribution in [2.45, 2.75) is 26.3 Å². The quantitative estimate of drug-likeness (QED) is 0.909. The maximum absolute atomic E-state index is 6.29. The lowest BCUT2D eigenvalue weighted by molar-refractivity contribution is 0.732. The van der Waals surface area contributed by atoms with E-state index in [1.54, 1.807) is 6.20 Å². The number of rotatable bonds is 3. The van der Waals surface area contributed by atoms with Crippen LogP contribution in [0.25, 0.3) is 5.69 Å². The minimum atomic E-state index is 0.107. The Bertz CT molecular complexity index is 517. The summed E-state index contributed by atoms with van der Waals surface area (Å²) in [6.07, 6.45) is 4.49. The van der Waals surface area contributed by atoms with Crippen molar-refractivity contribution in [3.8, 4) is 5.69 Å². The van der Waals surface area contributed by atoms with Crippen molar-refractivity contribution in [3.05, 3.63) is 47.0 Å². The van der Waals surface area contributed by atoms with Crippen LogP contribution in [0.3, 0.4) is 0 Å². The predicted octanol–water partition coefficient (Wildman–Crippen LogP) is 2.72. The normalized spacial score (nSPS) is 12.7. The number of halogens is 1. The van der Waals surface area contributed by atoms with Gasteiger partial charge in [0.2, 0.25) is 0 Å². The Balaban J connectivity index is 2.55. The van der Waals surface area contributed by atoms with Gasteiger partial charge >= 0.3 is 0 Å². The lowest BCUT2D eigenvalue weighted by atomic mass is 10.1. The molecule has 17 heavy (non-hydrogen) atoms. The molecule has 0 aliphatic rings. The van der Waals surface area contributed by atoms with Gasteiger partial charge in [0, 0.05) is 18.4 Å². The molecule has 0 aliphatic heterocycles. The van der Waals surface area contributed by atoms with Crippen LogP contribution < -0.4 is 5.73 Å². The Kier molecular flexibility index (Phi) is 3.50. The first kappa shape index (κ1) is 12.1. The lowest BCUT2D eigenvalue weighted by Gasteiger charge is -2.15. The summed E-state index contributed by atoms with van der Waals surface area (Å²) in [6.45, 7) is 3.95. The van der Waals surface area contributed by atoms with E-state index >= 15 is 0 Å². The first-order chi connectivity index (χ1) is 8.09. The molecule has 1 atom stereocenters. The summed E-state index contributed by atoms with van der Waals surface area (Å²) in [6, 6.07) is 6.01. The molecule has 0 amide bonds. The molecule has 0 spiro atoms. The molecular formula is C13H16ClN3. The minimum Gasteiger partial charge on any atom is -0.328 e. The van der Waals surface area contributed by atoms with E-state index in [1.165, 1.54) is 0 Å². The third-order valence-corrected chi connectivity index (χ3v) is 2.98. The molecule has 0 saturated heterocycles. The number of benzene rings is 1. The first-order valence-corrected chi connectivity index (χ1v) is 6.00. The van der Waals surface area contributed by atoms with E-state index in [1.807, 2.05) is 36.7 Å². The molecule has 1 heterocycles. The van der Waals surface area contributed by atoms with Gasteiger partial charge in [-0.05, 0) is 31.9 Å². The van der Waals surface area contributed by atoms with E-state index in [0.717, 1.165) is 28.5 Å². The molecule has 90 valence electrons. The van der Waals surface area contributed by atoms with Crippen molar-refractivity contribution in [2.75, 3.05) is 0 Å². The molecule has 3 nitrogen and oxygen atoms in total. The monoisotopic (exact) mass is 249 g/mol. The van der Waals surface area contributed by atoms with E-state index in [-0.39, 0.29) is 6.04 Å². The number of hydrogen-bond acceptors (Lipinski definition) is 2. The molecule has 0 radical (unpaired) electrons. The number of aromatic nitrogens is 2. The number of aryl methyl sites for hydroxylation is 1. The second-order valence-corrected chi connectivity index (χ2v) is 4.68. The highest BCUT2D eigenvalue weighted by molar-refractivity contribution is 6.32. The Morgan fingerprint density at radius 2 is 2.24 bits per heavy atom.